The summed E-state index contributed by atoms with van der Waals surface area (Å²) in [5.41, 5.74) is 6.73. The van der Waals surface area contributed by atoms with Gasteiger partial charge in [0.2, 0.25) is 0 Å². The summed E-state index contributed by atoms with van der Waals surface area (Å²) >= 11 is 0. The average Bonchev–Trinajstić information content (AvgIpc) is 2.77. The van der Waals surface area contributed by atoms with Gasteiger partial charge in [0, 0.05) is 19.1 Å². The van der Waals surface area contributed by atoms with Crippen molar-refractivity contribution in [1.82, 2.24) is 4.90 Å². The van der Waals surface area contributed by atoms with Gasteiger partial charge in [-0.15, -0.1) is 0 Å². The van der Waals surface area contributed by atoms with Crippen molar-refractivity contribution in [2.75, 3.05) is 20.2 Å². The first-order valence-electron chi connectivity index (χ1n) is 7.91. The number of hydrogen-bond acceptors (Lipinski definition) is 3. The van der Waals surface area contributed by atoms with Gasteiger partial charge >= 0.3 is 0 Å². The minimum Gasteiger partial charge on any atom is -0.492 e. The molecule has 0 radical (unpaired) electrons. The van der Waals surface area contributed by atoms with Crippen LogP contribution in [0.2, 0.25) is 0 Å². The summed E-state index contributed by atoms with van der Waals surface area (Å²) in [4.78, 5) is 2.47. The molecule has 0 aliphatic heterocycles. The first-order valence-corrected chi connectivity index (χ1v) is 7.91. The molecule has 112 valence electrons. The Hall–Kier alpha value is -1.06. The van der Waals surface area contributed by atoms with Gasteiger partial charge in [0.1, 0.15) is 12.4 Å². The van der Waals surface area contributed by atoms with Crippen LogP contribution in [0.5, 0.6) is 5.75 Å². The first kappa shape index (κ1) is 15.3. The fourth-order valence-corrected chi connectivity index (χ4v) is 2.91. The van der Waals surface area contributed by atoms with Gasteiger partial charge in [-0.3, -0.25) is 0 Å². The van der Waals surface area contributed by atoms with Crippen molar-refractivity contribution in [3.8, 4) is 5.75 Å². The van der Waals surface area contributed by atoms with Crippen molar-refractivity contribution in [2.24, 2.45) is 5.73 Å². The van der Waals surface area contributed by atoms with Crippen LogP contribution in [-0.4, -0.2) is 31.1 Å². The number of nitrogens with zero attached hydrogens (tertiary/aromatic N) is 1. The predicted molar refractivity (Wildman–Crippen MR) is 83.9 cm³/mol. The van der Waals surface area contributed by atoms with Crippen LogP contribution in [0.1, 0.15) is 44.1 Å². The number of rotatable bonds is 6. The van der Waals surface area contributed by atoms with E-state index in [9.17, 15) is 0 Å². The van der Waals surface area contributed by atoms with Crippen LogP contribution in [0.4, 0.5) is 0 Å². The van der Waals surface area contributed by atoms with Crippen molar-refractivity contribution in [1.29, 1.82) is 0 Å². The standard InChI is InChI=1S/C17H28N2O/c1-19(16-6-4-2-3-5-7-16)12-13-20-17-10-8-15(14-18)9-11-17/h8-11,16H,2-7,12-14,18H2,1H3. The SMILES string of the molecule is CN(CCOc1ccc(CN)cc1)C1CCCCCC1. The van der Waals surface area contributed by atoms with E-state index in [2.05, 4.69) is 11.9 Å². The van der Waals surface area contributed by atoms with E-state index < -0.39 is 0 Å². The Labute approximate surface area is 123 Å². The van der Waals surface area contributed by atoms with E-state index in [1.807, 2.05) is 24.3 Å². The maximum absolute atomic E-state index is 5.82. The lowest BCUT2D eigenvalue weighted by Gasteiger charge is -2.26. The van der Waals surface area contributed by atoms with Crippen LogP contribution < -0.4 is 10.5 Å². The molecule has 1 aliphatic rings. The zero-order valence-corrected chi connectivity index (χ0v) is 12.7. The molecule has 0 atom stereocenters. The highest BCUT2D eigenvalue weighted by atomic mass is 16.5. The van der Waals surface area contributed by atoms with Crippen molar-refractivity contribution in [3.05, 3.63) is 29.8 Å². The molecule has 3 heteroatoms. The smallest absolute Gasteiger partial charge is 0.119 e. The molecule has 1 saturated carbocycles. The van der Waals surface area contributed by atoms with Gasteiger partial charge in [0.25, 0.3) is 0 Å². The Balaban J connectivity index is 1.71. The minimum absolute atomic E-state index is 0.588. The summed E-state index contributed by atoms with van der Waals surface area (Å²) in [6, 6.07) is 8.83. The summed E-state index contributed by atoms with van der Waals surface area (Å²) < 4.78 is 5.82. The highest BCUT2D eigenvalue weighted by Gasteiger charge is 2.16. The predicted octanol–water partition coefficient (Wildman–Crippen LogP) is 3.18. The quantitative estimate of drug-likeness (QED) is 0.811. The summed E-state index contributed by atoms with van der Waals surface area (Å²) in [5, 5.41) is 0. The Kier molecular flexibility index (Phi) is 6.34. The van der Waals surface area contributed by atoms with Crippen molar-refractivity contribution < 1.29 is 4.74 Å². The Morgan fingerprint density at radius 3 is 2.35 bits per heavy atom. The monoisotopic (exact) mass is 276 g/mol. The maximum atomic E-state index is 5.82. The third-order valence-corrected chi connectivity index (χ3v) is 4.32. The van der Waals surface area contributed by atoms with Gasteiger partial charge in [-0.05, 0) is 37.6 Å². The molecule has 0 bridgehead atoms. The normalized spacial score (nSPS) is 17.1. The molecule has 1 aromatic rings. The number of nitrogens with two attached hydrogens (primary N) is 1. The van der Waals surface area contributed by atoms with Crippen molar-refractivity contribution >= 4 is 0 Å². The molecule has 2 N–H and O–H groups in total. The first-order chi connectivity index (χ1) is 9.79. The van der Waals surface area contributed by atoms with Crippen LogP contribution in [-0.2, 0) is 6.54 Å². The second-order valence-electron chi connectivity index (χ2n) is 5.82. The highest BCUT2D eigenvalue weighted by Crippen LogP contribution is 2.21. The third kappa shape index (κ3) is 4.80. The number of hydrogen-bond donors (Lipinski definition) is 1. The van der Waals surface area contributed by atoms with Crippen molar-refractivity contribution in [3.63, 3.8) is 0 Å². The number of benzene rings is 1. The molecule has 0 aromatic heterocycles. The van der Waals surface area contributed by atoms with E-state index in [0.29, 0.717) is 6.54 Å². The van der Waals surface area contributed by atoms with Gasteiger partial charge < -0.3 is 15.4 Å². The van der Waals surface area contributed by atoms with Crippen LogP contribution in [0, 0.1) is 0 Å². The van der Waals surface area contributed by atoms with Crippen LogP contribution in [0.15, 0.2) is 24.3 Å². The average molecular weight is 276 g/mol. The van der Waals surface area contributed by atoms with Crippen LogP contribution in [0.3, 0.4) is 0 Å². The summed E-state index contributed by atoms with van der Waals surface area (Å²) in [6.07, 6.45) is 8.29. The Bertz CT molecular complexity index is 369. The molecule has 3 nitrogen and oxygen atoms in total. The largest absolute Gasteiger partial charge is 0.492 e. The van der Waals surface area contributed by atoms with Gasteiger partial charge in [-0.2, -0.15) is 0 Å². The number of likely N-dealkylation sites (N-methyl/N-ethyl adjacent to an activating group) is 1. The molecule has 0 unspecified atom stereocenters. The maximum Gasteiger partial charge on any atom is 0.119 e. The second-order valence-corrected chi connectivity index (χ2v) is 5.82. The van der Waals surface area contributed by atoms with E-state index in [4.69, 9.17) is 10.5 Å². The highest BCUT2D eigenvalue weighted by molar-refractivity contribution is 5.27. The fraction of sp³-hybridized carbons (Fsp3) is 0.647. The lowest BCUT2D eigenvalue weighted by molar-refractivity contribution is 0.178. The van der Waals surface area contributed by atoms with Gasteiger partial charge in [0.05, 0.1) is 0 Å². The number of ether oxygens (including phenoxy) is 1. The molecule has 0 spiro atoms. The zero-order chi connectivity index (χ0) is 14.2. The van der Waals surface area contributed by atoms with E-state index in [1.54, 1.807) is 0 Å². The van der Waals surface area contributed by atoms with E-state index in [-0.39, 0.29) is 0 Å². The molecule has 20 heavy (non-hydrogen) atoms. The molecule has 1 fully saturated rings. The van der Waals surface area contributed by atoms with Crippen molar-refractivity contribution in [2.45, 2.75) is 51.1 Å². The minimum atomic E-state index is 0.588. The molecule has 0 saturated heterocycles. The second kappa shape index (κ2) is 8.28. The molecule has 0 amide bonds. The topological polar surface area (TPSA) is 38.5 Å². The van der Waals surface area contributed by atoms with E-state index in [0.717, 1.165) is 30.5 Å². The zero-order valence-electron chi connectivity index (χ0n) is 12.7. The molecular weight excluding hydrogens is 248 g/mol. The van der Waals surface area contributed by atoms with Gasteiger partial charge in [-0.25, -0.2) is 0 Å². The summed E-state index contributed by atoms with van der Waals surface area (Å²) in [5.74, 6) is 0.941. The van der Waals surface area contributed by atoms with Crippen LogP contribution in [0.25, 0.3) is 0 Å². The summed E-state index contributed by atoms with van der Waals surface area (Å²) in [7, 11) is 2.23. The van der Waals surface area contributed by atoms with Crippen LogP contribution >= 0.6 is 0 Å². The van der Waals surface area contributed by atoms with E-state index >= 15 is 0 Å². The van der Waals surface area contributed by atoms with E-state index in [1.165, 1.54) is 38.5 Å². The fourth-order valence-electron chi connectivity index (χ4n) is 2.91. The third-order valence-electron chi connectivity index (χ3n) is 4.32. The molecular formula is C17H28N2O. The van der Waals surface area contributed by atoms with Gasteiger partial charge in [0.15, 0.2) is 0 Å². The molecule has 1 aromatic carbocycles. The molecule has 0 heterocycles. The lowest BCUT2D eigenvalue weighted by Crippen LogP contribution is -2.34. The van der Waals surface area contributed by atoms with Gasteiger partial charge in [-0.1, -0.05) is 37.8 Å². The lowest BCUT2D eigenvalue weighted by atomic mass is 10.1. The summed E-state index contributed by atoms with van der Waals surface area (Å²) in [6.45, 7) is 2.35. The Morgan fingerprint density at radius 2 is 1.75 bits per heavy atom. The molecule has 2 rings (SSSR count). The Morgan fingerprint density at radius 1 is 1.10 bits per heavy atom. The molecule has 1 aliphatic carbocycles.